The maximum Gasteiger partial charge on any atom is 0.250 e. The van der Waals surface area contributed by atoms with Crippen LogP contribution in [0.2, 0.25) is 0 Å². The number of nitrogens with one attached hydrogen (secondary N) is 1. The molecule has 0 unspecified atom stereocenters. The molecule has 3 rings (SSSR count). The highest BCUT2D eigenvalue weighted by Gasteiger charge is 2.14. The molecule has 0 fully saturated rings. The molecular formula is C19H17BrN2O. The Bertz CT molecular complexity index is 824. The molecule has 3 N–H and O–H groups in total. The van der Waals surface area contributed by atoms with Gasteiger partial charge < -0.3 is 10.7 Å². The van der Waals surface area contributed by atoms with Crippen LogP contribution in [0, 0.1) is 0 Å². The first kappa shape index (κ1) is 15.6. The average Bonchev–Trinajstić information content (AvgIpc) is 2.98. The number of hydrogen-bond acceptors (Lipinski definition) is 1. The number of H-pyrrole nitrogens is 1. The number of primary amides is 1. The Morgan fingerprint density at radius 1 is 1.00 bits per heavy atom. The van der Waals surface area contributed by atoms with E-state index in [2.05, 4.69) is 33.0 Å². The number of nitrogens with two attached hydrogens (primary N) is 1. The van der Waals surface area contributed by atoms with Gasteiger partial charge in [-0.05, 0) is 42.2 Å². The minimum atomic E-state index is -0.398. The quantitative estimate of drug-likeness (QED) is 0.691. The van der Waals surface area contributed by atoms with Crippen molar-refractivity contribution in [3.05, 3.63) is 82.0 Å². The Morgan fingerprint density at radius 3 is 2.48 bits per heavy atom. The van der Waals surface area contributed by atoms with Crippen molar-refractivity contribution in [1.82, 2.24) is 4.98 Å². The molecule has 0 saturated heterocycles. The lowest BCUT2D eigenvalue weighted by atomic mass is 10.1. The summed E-state index contributed by atoms with van der Waals surface area (Å²) in [5.74, 6) is -0.398. The highest BCUT2D eigenvalue weighted by Crippen LogP contribution is 2.25. The van der Waals surface area contributed by atoms with E-state index in [-0.39, 0.29) is 0 Å². The molecule has 2 aromatic carbocycles. The van der Waals surface area contributed by atoms with Crippen LogP contribution in [0.25, 0.3) is 11.3 Å². The third kappa shape index (κ3) is 3.71. The number of carbonyl (C=O) groups is 1. The van der Waals surface area contributed by atoms with Gasteiger partial charge in [0.2, 0.25) is 0 Å². The molecule has 1 amide bonds. The summed E-state index contributed by atoms with van der Waals surface area (Å²) in [4.78, 5) is 15.1. The van der Waals surface area contributed by atoms with Crippen LogP contribution in [0.1, 0.15) is 21.6 Å². The summed E-state index contributed by atoms with van der Waals surface area (Å²) in [6.45, 7) is 0. The summed E-state index contributed by atoms with van der Waals surface area (Å²) >= 11 is 3.47. The van der Waals surface area contributed by atoms with Crippen molar-refractivity contribution in [2.24, 2.45) is 5.73 Å². The number of carbonyl (C=O) groups excluding carboxylic acids is 1. The lowest BCUT2D eigenvalue weighted by Gasteiger charge is -2.02. The Kier molecular flexibility index (Phi) is 4.63. The van der Waals surface area contributed by atoms with Crippen LogP contribution in [0.3, 0.4) is 0 Å². The average molecular weight is 369 g/mol. The van der Waals surface area contributed by atoms with Gasteiger partial charge in [-0.25, -0.2) is 0 Å². The third-order valence-corrected chi connectivity index (χ3v) is 4.30. The summed E-state index contributed by atoms with van der Waals surface area (Å²) in [6.07, 6.45) is 1.61. The van der Waals surface area contributed by atoms with E-state index in [0.29, 0.717) is 5.56 Å². The number of hydrogen-bond donors (Lipinski definition) is 2. The summed E-state index contributed by atoms with van der Waals surface area (Å²) in [5.41, 5.74) is 10.2. The highest BCUT2D eigenvalue weighted by atomic mass is 79.9. The number of aromatic amines is 1. The maximum absolute atomic E-state index is 11.7. The second kappa shape index (κ2) is 6.84. The highest BCUT2D eigenvalue weighted by molar-refractivity contribution is 9.10. The molecule has 0 aliphatic rings. The molecule has 1 aromatic heterocycles. The number of amides is 1. The van der Waals surface area contributed by atoms with E-state index in [1.807, 2.05) is 48.5 Å². The Labute approximate surface area is 143 Å². The Balaban J connectivity index is 1.88. The molecule has 4 heteroatoms. The fourth-order valence-corrected chi connectivity index (χ4v) is 3.04. The minimum absolute atomic E-state index is 0.398. The van der Waals surface area contributed by atoms with Crippen molar-refractivity contribution >= 4 is 21.8 Å². The van der Waals surface area contributed by atoms with Crippen LogP contribution in [0.5, 0.6) is 0 Å². The van der Waals surface area contributed by atoms with E-state index in [9.17, 15) is 4.79 Å². The molecule has 1 heterocycles. The van der Waals surface area contributed by atoms with Crippen LogP contribution in [-0.4, -0.2) is 10.9 Å². The molecular weight excluding hydrogens is 352 g/mol. The van der Waals surface area contributed by atoms with Gasteiger partial charge in [0, 0.05) is 15.9 Å². The standard InChI is InChI=1S/C19H17BrN2O/c20-15-8-4-7-14(11-15)18-12-16(19(21)23)17(22-18)10-9-13-5-2-1-3-6-13/h1-8,11-12,22H,9-10H2,(H2,21,23). The Morgan fingerprint density at radius 2 is 1.78 bits per heavy atom. The van der Waals surface area contributed by atoms with Gasteiger partial charge in [-0.15, -0.1) is 0 Å². The number of rotatable bonds is 5. The fraction of sp³-hybridized carbons (Fsp3) is 0.105. The Hall–Kier alpha value is -2.33. The predicted octanol–water partition coefficient (Wildman–Crippen LogP) is 4.33. The zero-order valence-electron chi connectivity index (χ0n) is 12.6. The summed E-state index contributed by atoms with van der Waals surface area (Å²) in [7, 11) is 0. The van der Waals surface area contributed by atoms with Gasteiger partial charge in [-0.3, -0.25) is 4.79 Å². The summed E-state index contributed by atoms with van der Waals surface area (Å²) in [6, 6.07) is 20.0. The van der Waals surface area contributed by atoms with Gasteiger partial charge >= 0.3 is 0 Å². The van der Waals surface area contributed by atoms with Crippen LogP contribution < -0.4 is 5.73 Å². The molecule has 0 radical (unpaired) electrons. The van der Waals surface area contributed by atoms with Crippen molar-refractivity contribution in [3.8, 4) is 11.3 Å². The molecule has 0 spiro atoms. The smallest absolute Gasteiger partial charge is 0.250 e. The first-order valence-corrected chi connectivity index (χ1v) is 8.24. The largest absolute Gasteiger partial charge is 0.366 e. The maximum atomic E-state index is 11.7. The van der Waals surface area contributed by atoms with E-state index in [1.165, 1.54) is 5.56 Å². The van der Waals surface area contributed by atoms with Gasteiger partial charge in [0.05, 0.1) is 5.56 Å². The molecule has 0 atom stereocenters. The first-order chi connectivity index (χ1) is 11.1. The number of aromatic nitrogens is 1. The van der Waals surface area contributed by atoms with Gasteiger partial charge in [0.1, 0.15) is 0 Å². The lowest BCUT2D eigenvalue weighted by Crippen LogP contribution is -2.12. The third-order valence-electron chi connectivity index (χ3n) is 3.81. The summed E-state index contributed by atoms with van der Waals surface area (Å²) in [5, 5.41) is 0. The number of benzene rings is 2. The molecule has 3 aromatic rings. The van der Waals surface area contributed by atoms with Crippen LogP contribution in [0.4, 0.5) is 0 Å². The van der Waals surface area contributed by atoms with Crippen molar-refractivity contribution in [1.29, 1.82) is 0 Å². The number of aryl methyl sites for hydroxylation is 2. The zero-order chi connectivity index (χ0) is 16.2. The van der Waals surface area contributed by atoms with Crippen molar-refractivity contribution in [2.75, 3.05) is 0 Å². The van der Waals surface area contributed by atoms with E-state index in [1.54, 1.807) is 0 Å². The van der Waals surface area contributed by atoms with Crippen LogP contribution in [-0.2, 0) is 12.8 Å². The first-order valence-electron chi connectivity index (χ1n) is 7.45. The van der Waals surface area contributed by atoms with Crippen molar-refractivity contribution < 1.29 is 4.79 Å². The molecule has 0 saturated carbocycles. The van der Waals surface area contributed by atoms with Gasteiger partial charge in [-0.1, -0.05) is 58.4 Å². The second-order valence-electron chi connectivity index (χ2n) is 5.44. The summed E-state index contributed by atoms with van der Waals surface area (Å²) < 4.78 is 0.996. The molecule has 23 heavy (non-hydrogen) atoms. The van der Waals surface area contributed by atoms with E-state index in [0.717, 1.165) is 34.3 Å². The van der Waals surface area contributed by atoms with Crippen LogP contribution in [0.15, 0.2) is 65.1 Å². The zero-order valence-corrected chi connectivity index (χ0v) is 14.1. The van der Waals surface area contributed by atoms with Crippen molar-refractivity contribution in [3.63, 3.8) is 0 Å². The topological polar surface area (TPSA) is 58.9 Å². The van der Waals surface area contributed by atoms with Gasteiger partial charge in [0.15, 0.2) is 0 Å². The SMILES string of the molecule is NC(=O)c1cc(-c2cccc(Br)c2)[nH]c1CCc1ccccc1. The predicted molar refractivity (Wildman–Crippen MR) is 96.3 cm³/mol. The van der Waals surface area contributed by atoms with E-state index >= 15 is 0 Å². The number of halogens is 1. The van der Waals surface area contributed by atoms with Gasteiger partial charge in [0.25, 0.3) is 5.91 Å². The molecule has 0 aliphatic carbocycles. The van der Waals surface area contributed by atoms with E-state index in [4.69, 9.17) is 5.73 Å². The molecule has 0 aliphatic heterocycles. The molecule has 0 bridgehead atoms. The van der Waals surface area contributed by atoms with Crippen LogP contribution >= 0.6 is 15.9 Å². The van der Waals surface area contributed by atoms with E-state index < -0.39 is 5.91 Å². The molecule has 116 valence electrons. The fourth-order valence-electron chi connectivity index (χ4n) is 2.64. The second-order valence-corrected chi connectivity index (χ2v) is 6.35. The lowest BCUT2D eigenvalue weighted by molar-refractivity contribution is 0.0999. The minimum Gasteiger partial charge on any atom is -0.366 e. The van der Waals surface area contributed by atoms with Gasteiger partial charge in [-0.2, -0.15) is 0 Å². The normalized spacial score (nSPS) is 10.7. The monoisotopic (exact) mass is 368 g/mol. The molecule has 3 nitrogen and oxygen atoms in total. The van der Waals surface area contributed by atoms with Crippen molar-refractivity contribution in [2.45, 2.75) is 12.8 Å².